The maximum absolute atomic E-state index is 4.93. The van der Waals surface area contributed by atoms with Crippen LogP contribution in [-0.4, -0.2) is 35.2 Å². The Hall–Kier alpha value is -3.87. The van der Waals surface area contributed by atoms with E-state index in [9.17, 15) is 0 Å². The molecule has 5 aromatic rings. The predicted molar refractivity (Wildman–Crippen MR) is 125 cm³/mol. The Bertz CT molecular complexity index is 1350. The van der Waals surface area contributed by atoms with Crippen LogP contribution in [0.2, 0.25) is 0 Å². The first-order valence-corrected chi connectivity index (χ1v) is 10.8. The fourth-order valence-corrected chi connectivity index (χ4v) is 4.05. The molecule has 0 radical (unpaired) electrons. The van der Waals surface area contributed by atoms with Crippen LogP contribution in [0.1, 0.15) is 30.8 Å². The van der Waals surface area contributed by atoms with Crippen molar-refractivity contribution in [2.75, 3.05) is 0 Å². The zero-order valence-electron chi connectivity index (χ0n) is 18.4. The largest absolute Gasteiger partial charge is 0.308 e. The van der Waals surface area contributed by atoms with Crippen molar-refractivity contribution in [2.24, 2.45) is 5.92 Å². The maximum Gasteiger partial charge on any atom is 0.205 e. The van der Waals surface area contributed by atoms with Crippen molar-refractivity contribution in [1.82, 2.24) is 35.2 Å². The number of aromatic nitrogens is 7. The first-order chi connectivity index (χ1) is 15.6. The second-order valence-corrected chi connectivity index (χ2v) is 8.49. The number of hydrogen-bond donors (Lipinski definition) is 1. The van der Waals surface area contributed by atoms with Gasteiger partial charge in [-0.3, -0.25) is 0 Å². The predicted octanol–water partition coefficient (Wildman–Crippen LogP) is 4.83. The van der Waals surface area contributed by atoms with Gasteiger partial charge in [-0.2, -0.15) is 5.21 Å². The minimum Gasteiger partial charge on any atom is -0.308 e. The van der Waals surface area contributed by atoms with Gasteiger partial charge in [-0.1, -0.05) is 62.4 Å². The zero-order chi connectivity index (χ0) is 22.1. The van der Waals surface area contributed by atoms with Crippen LogP contribution in [0.4, 0.5) is 0 Å². The number of nitrogens with one attached hydrogen (secondary N) is 1. The summed E-state index contributed by atoms with van der Waals surface area (Å²) in [6.07, 6.45) is 2.79. The molecule has 0 spiro atoms. The Morgan fingerprint density at radius 3 is 2.47 bits per heavy atom. The smallest absolute Gasteiger partial charge is 0.205 e. The molecule has 0 bridgehead atoms. The average Bonchev–Trinajstić information content (AvgIpc) is 3.44. The minimum absolute atomic E-state index is 0.523. The van der Waals surface area contributed by atoms with Crippen LogP contribution in [0.5, 0.6) is 0 Å². The molecule has 1 N–H and O–H groups in total. The number of benzene rings is 2. The zero-order valence-corrected chi connectivity index (χ0v) is 18.4. The molecule has 5 rings (SSSR count). The summed E-state index contributed by atoms with van der Waals surface area (Å²) < 4.78 is 2.25. The van der Waals surface area contributed by atoms with Crippen LogP contribution in [0.3, 0.4) is 0 Å². The fourth-order valence-electron chi connectivity index (χ4n) is 4.05. The van der Waals surface area contributed by atoms with Crippen molar-refractivity contribution in [3.05, 3.63) is 77.7 Å². The van der Waals surface area contributed by atoms with E-state index in [0.29, 0.717) is 11.7 Å². The van der Waals surface area contributed by atoms with Crippen molar-refractivity contribution in [2.45, 2.75) is 33.7 Å². The number of aromatic amines is 1. The van der Waals surface area contributed by atoms with Crippen LogP contribution >= 0.6 is 0 Å². The van der Waals surface area contributed by atoms with Crippen LogP contribution in [0, 0.1) is 12.8 Å². The summed E-state index contributed by atoms with van der Waals surface area (Å²) in [5.41, 5.74) is 7.45. The van der Waals surface area contributed by atoms with E-state index in [2.05, 4.69) is 81.3 Å². The number of aryl methyl sites for hydroxylation is 1. The van der Waals surface area contributed by atoms with Gasteiger partial charge < -0.3 is 4.57 Å². The lowest BCUT2D eigenvalue weighted by atomic mass is 9.98. The highest BCUT2D eigenvalue weighted by atomic mass is 15.5. The molecule has 0 amide bonds. The van der Waals surface area contributed by atoms with Gasteiger partial charge in [-0.05, 0) is 46.4 Å². The highest BCUT2D eigenvalue weighted by molar-refractivity contribution is 5.80. The highest BCUT2D eigenvalue weighted by Gasteiger charge is 2.15. The van der Waals surface area contributed by atoms with Gasteiger partial charge in [-0.15, -0.1) is 10.2 Å². The first kappa shape index (κ1) is 20.1. The topological polar surface area (TPSA) is 85.2 Å². The average molecular weight is 424 g/mol. The molecular formula is C25H25N7. The lowest BCUT2D eigenvalue weighted by Crippen LogP contribution is -2.08. The molecule has 0 fully saturated rings. The minimum atomic E-state index is 0.523. The number of rotatable bonds is 6. The molecule has 160 valence electrons. The molecule has 7 heteroatoms. The normalized spacial score (nSPS) is 11.5. The molecule has 0 saturated carbocycles. The monoisotopic (exact) mass is 423 g/mol. The quantitative estimate of drug-likeness (QED) is 0.423. The van der Waals surface area contributed by atoms with Crippen LogP contribution in [0.15, 0.2) is 60.8 Å². The molecule has 0 saturated heterocycles. The molecule has 7 nitrogen and oxygen atoms in total. The molecule has 0 aliphatic rings. The van der Waals surface area contributed by atoms with E-state index in [1.54, 1.807) is 0 Å². The van der Waals surface area contributed by atoms with Crippen LogP contribution in [-0.2, 0) is 13.0 Å². The molecule has 0 aliphatic heterocycles. The van der Waals surface area contributed by atoms with E-state index in [4.69, 9.17) is 4.98 Å². The highest BCUT2D eigenvalue weighted by Crippen LogP contribution is 2.30. The Kier molecular flexibility index (Phi) is 5.23. The summed E-state index contributed by atoms with van der Waals surface area (Å²) in [6.45, 7) is 7.28. The number of imidazole rings is 1. The Labute approximate surface area is 186 Å². The van der Waals surface area contributed by atoms with Crippen molar-refractivity contribution < 1.29 is 0 Å². The molecule has 3 heterocycles. The number of H-pyrrole nitrogens is 1. The number of tetrazole rings is 1. The summed E-state index contributed by atoms with van der Waals surface area (Å²) in [4.78, 5) is 9.58. The van der Waals surface area contributed by atoms with E-state index in [0.717, 1.165) is 52.2 Å². The Morgan fingerprint density at radius 1 is 0.969 bits per heavy atom. The third-order valence-electron chi connectivity index (χ3n) is 5.62. The van der Waals surface area contributed by atoms with Gasteiger partial charge in [0.1, 0.15) is 11.3 Å². The van der Waals surface area contributed by atoms with Gasteiger partial charge in [-0.25, -0.2) is 9.97 Å². The van der Waals surface area contributed by atoms with Crippen molar-refractivity contribution >= 4 is 11.2 Å². The molecule has 3 aromatic heterocycles. The lowest BCUT2D eigenvalue weighted by Gasteiger charge is -2.12. The summed E-state index contributed by atoms with van der Waals surface area (Å²) in [6, 6.07) is 18.8. The number of pyridine rings is 1. The van der Waals surface area contributed by atoms with Gasteiger partial charge in [0.2, 0.25) is 5.82 Å². The third kappa shape index (κ3) is 3.77. The lowest BCUT2D eigenvalue weighted by molar-refractivity contribution is 0.594. The Morgan fingerprint density at radius 2 is 1.75 bits per heavy atom. The van der Waals surface area contributed by atoms with Crippen molar-refractivity contribution in [1.29, 1.82) is 0 Å². The molecule has 32 heavy (non-hydrogen) atoms. The van der Waals surface area contributed by atoms with Crippen molar-refractivity contribution in [3.8, 4) is 22.5 Å². The summed E-state index contributed by atoms with van der Waals surface area (Å²) in [5, 5.41) is 14.5. The van der Waals surface area contributed by atoms with Crippen LogP contribution < -0.4 is 0 Å². The van der Waals surface area contributed by atoms with E-state index in [1.165, 1.54) is 5.56 Å². The second-order valence-electron chi connectivity index (χ2n) is 8.49. The first-order valence-electron chi connectivity index (χ1n) is 10.8. The third-order valence-corrected chi connectivity index (χ3v) is 5.62. The van der Waals surface area contributed by atoms with Gasteiger partial charge in [0.05, 0.1) is 6.54 Å². The van der Waals surface area contributed by atoms with Crippen molar-refractivity contribution in [3.63, 3.8) is 0 Å². The Balaban J connectivity index is 1.49. The van der Waals surface area contributed by atoms with E-state index < -0.39 is 0 Å². The SMILES string of the molecule is Cc1ccnc2c1nc(CC(C)C)n2Cc1ccc(-c2ccccc2-c2nn[nH]n2)cc1. The van der Waals surface area contributed by atoms with E-state index >= 15 is 0 Å². The standard InChI is InChI=1S/C25H25N7/c1-16(2)14-22-27-23-17(3)12-13-26-25(23)32(22)15-18-8-10-19(11-9-18)20-6-4-5-7-21(20)24-28-30-31-29-24/h4-13,16H,14-15H2,1-3H3,(H,28,29,30,31). The molecular weight excluding hydrogens is 398 g/mol. The molecule has 0 unspecified atom stereocenters. The molecule has 0 aliphatic carbocycles. The number of fused-ring (bicyclic) bond motifs is 1. The summed E-state index contributed by atoms with van der Waals surface area (Å²) in [7, 11) is 0. The van der Waals surface area contributed by atoms with Gasteiger partial charge in [0.15, 0.2) is 5.65 Å². The van der Waals surface area contributed by atoms with Gasteiger partial charge in [0, 0.05) is 18.2 Å². The number of nitrogens with zero attached hydrogens (tertiary/aromatic N) is 6. The summed E-state index contributed by atoms with van der Waals surface area (Å²) >= 11 is 0. The van der Waals surface area contributed by atoms with E-state index in [1.807, 2.05) is 30.5 Å². The second kappa shape index (κ2) is 8.34. The molecule has 2 aromatic carbocycles. The fraction of sp³-hybridized carbons (Fsp3) is 0.240. The van der Waals surface area contributed by atoms with Gasteiger partial charge in [0.25, 0.3) is 0 Å². The van der Waals surface area contributed by atoms with Gasteiger partial charge >= 0.3 is 0 Å². The maximum atomic E-state index is 4.93. The summed E-state index contributed by atoms with van der Waals surface area (Å²) in [5.74, 6) is 2.20. The number of hydrogen-bond acceptors (Lipinski definition) is 5. The van der Waals surface area contributed by atoms with E-state index in [-0.39, 0.29) is 0 Å². The molecule has 0 atom stereocenters. The van der Waals surface area contributed by atoms with Crippen LogP contribution in [0.25, 0.3) is 33.7 Å².